The quantitative estimate of drug-likeness (QED) is 0.522. The van der Waals surface area contributed by atoms with Crippen molar-refractivity contribution in [1.29, 1.82) is 0 Å². The van der Waals surface area contributed by atoms with E-state index in [9.17, 15) is 9.59 Å². The van der Waals surface area contributed by atoms with E-state index in [0.29, 0.717) is 12.8 Å². The van der Waals surface area contributed by atoms with Gasteiger partial charge in [0.15, 0.2) is 0 Å². The fourth-order valence-corrected chi connectivity index (χ4v) is 3.14. The van der Waals surface area contributed by atoms with Gasteiger partial charge >= 0.3 is 5.69 Å². The summed E-state index contributed by atoms with van der Waals surface area (Å²) in [6.45, 7) is 2.14. The first kappa shape index (κ1) is 20.5. The maximum Gasteiger partial charge on any atom is 0.330 e. The maximum absolute atomic E-state index is 12.0. The van der Waals surface area contributed by atoms with Crippen molar-refractivity contribution < 1.29 is 9.84 Å². The molecule has 1 saturated heterocycles. The van der Waals surface area contributed by atoms with Gasteiger partial charge in [-0.2, -0.15) is 0 Å². The van der Waals surface area contributed by atoms with Gasteiger partial charge in [-0.1, -0.05) is 57.3 Å². The molecule has 2 atom stereocenters. The largest absolute Gasteiger partial charge is 0.394 e. The van der Waals surface area contributed by atoms with Gasteiger partial charge in [0.1, 0.15) is 11.8 Å². The van der Waals surface area contributed by atoms with Gasteiger partial charge in [0.2, 0.25) is 0 Å². The standard InChI is InChI=1S/C20H30N2O4/c1-2-3-4-5-6-7-8-9-10-11-16-14-22(20(25)21-19(16)24)18-13-12-17(15-23)26-18/h14,17-18,23H,2-9,12-13,15H2,1H3,(H,21,24,25)/t17-,18+/m0/s1. The van der Waals surface area contributed by atoms with Crippen molar-refractivity contribution >= 4 is 0 Å². The number of aromatic nitrogens is 2. The summed E-state index contributed by atoms with van der Waals surface area (Å²) in [7, 11) is 0. The minimum atomic E-state index is -0.504. The zero-order chi connectivity index (χ0) is 18.8. The number of aliphatic hydroxyl groups is 1. The molecule has 6 heteroatoms. The second-order valence-electron chi connectivity index (χ2n) is 6.86. The molecule has 2 N–H and O–H groups in total. The van der Waals surface area contributed by atoms with Crippen LogP contribution in [0.25, 0.3) is 0 Å². The second kappa shape index (κ2) is 11.0. The van der Waals surface area contributed by atoms with E-state index in [1.807, 2.05) is 0 Å². The van der Waals surface area contributed by atoms with Crippen LogP contribution < -0.4 is 11.2 Å². The molecule has 2 rings (SSSR count). The van der Waals surface area contributed by atoms with E-state index in [2.05, 4.69) is 23.7 Å². The fourth-order valence-electron chi connectivity index (χ4n) is 3.14. The van der Waals surface area contributed by atoms with Crippen LogP contribution >= 0.6 is 0 Å². The number of aliphatic hydroxyl groups excluding tert-OH is 1. The molecular formula is C20H30N2O4. The number of H-pyrrole nitrogens is 1. The highest BCUT2D eigenvalue weighted by atomic mass is 16.5. The molecule has 0 radical (unpaired) electrons. The lowest BCUT2D eigenvalue weighted by Gasteiger charge is -2.14. The van der Waals surface area contributed by atoms with Gasteiger partial charge in [0.25, 0.3) is 5.56 Å². The Morgan fingerprint density at radius 2 is 1.92 bits per heavy atom. The molecule has 2 heterocycles. The maximum atomic E-state index is 12.0. The summed E-state index contributed by atoms with van der Waals surface area (Å²) in [5.74, 6) is 5.92. The van der Waals surface area contributed by atoms with E-state index in [1.54, 1.807) is 0 Å². The molecule has 0 amide bonds. The average molecular weight is 362 g/mol. The molecular weight excluding hydrogens is 332 g/mol. The van der Waals surface area contributed by atoms with Crippen molar-refractivity contribution in [2.75, 3.05) is 6.61 Å². The molecule has 1 aromatic rings. The van der Waals surface area contributed by atoms with Crippen LogP contribution in [0.3, 0.4) is 0 Å². The van der Waals surface area contributed by atoms with Crippen molar-refractivity contribution in [3.8, 4) is 11.8 Å². The molecule has 1 aliphatic rings. The van der Waals surface area contributed by atoms with Gasteiger partial charge in [-0.3, -0.25) is 14.3 Å². The SMILES string of the molecule is CCCCCCCCCC#Cc1cn([C@H]2CC[C@@H](CO)O2)c(=O)[nH]c1=O. The molecule has 0 spiro atoms. The normalized spacial score (nSPS) is 19.3. The number of unbranched alkanes of at least 4 members (excludes halogenated alkanes) is 7. The third-order valence-corrected chi connectivity index (χ3v) is 4.70. The molecule has 0 saturated carbocycles. The first-order chi connectivity index (χ1) is 12.7. The van der Waals surface area contributed by atoms with Crippen molar-refractivity contribution in [3.63, 3.8) is 0 Å². The molecule has 0 unspecified atom stereocenters. The molecule has 0 aliphatic carbocycles. The number of rotatable bonds is 9. The molecule has 1 aliphatic heterocycles. The molecule has 0 bridgehead atoms. The summed E-state index contributed by atoms with van der Waals surface area (Å²) in [6.07, 6.45) is 11.4. The predicted molar refractivity (Wildman–Crippen MR) is 101 cm³/mol. The van der Waals surface area contributed by atoms with Gasteiger partial charge in [-0.25, -0.2) is 4.79 Å². The lowest BCUT2D eigenvalue weighted by atomic mass is 10.1. The minimum absolute atomic E-state index is 0.0697. The summed E-state index contributed by atoms with van der Waals surface area (Å²) in [5.41, 5.74) is -0.685. The van der Waals surface area contributed by atoms with Gasteiger partial charge in [0, 0.05) is 12.6 Å². The van der Waals surface area contributed by atoms with E-state index < -0.39 is 17.5 Å². The van der Waals surface area contributed by atoms with Crippen LogP contribution in [0.15, 0.2) is 15.8 Å². The number of aromatic amines is 1. The van der Waals surface area contributed by atoms with Crippen LogP contribution in [0.1, 0.15) is 82.9 Å². The Labute approximate surface area is 154 Å². The first-order valence-corrected chi connectivity index (χ1v) is 9.76. The molecule has 0 aromatic carbocycles. The Balaban J connectivity index is 1.89. The van der Waals surface area contributed by atoms with E-state index in [-0.39, 0.29) is 18.3 Å². The summed E-state index contributed by atoms with van der Waals surface area (Å²) in [6, 6.07) is 0. The van der Waals surface area contributed by atoms with Gasteiger partial charge in [0.05, 0.1) is 12.7 Å². The van der Waals surface area contributed by atoms with Gasteiger partial charge < -0.3 is 9.84 Å². The Hall–Kier alpha value is -1.84. The highest BCUT2D eigenvalue weighted by Gasteiger charge is 2.27. The first-order valence-electron chi connectivity index (χ1n) is 9.76. The highest BCUT2D eigenvalue weighted by molar-refractivity contribution is 5.29. The smallest absolute Gasteiger partial charge is 0.330 e. The van der Waals surface area contributed by atoms with Gasteiger partial charge in [-0.15, -0.1) is 0 Å². The molecule has 6 nitrogen and oxygen atoms in total. The summed E-state index contributed by atoms with van der Waals surface area (Å²) >= 11 is 0. The van der Waals surface area contributed by atoms with Crippen molar-refractivity contribution in [1.82, 2.24) is 9.55 Å². The zero-order valence-corrected chi connectivity index (χ0v) is 15.6. The summed E-state index contributed by atoms with van der Waals surface area (Å²) in [5, 5.41) is 9.15. The molecule has 26 heavy (non-hydrogen) atoms. The monoisotopic (exact) mass is 362 g/mol. The third kappa shape index (κ3) is 6.15. The Morgan fingerprint density at radius 3 is 2.62 bits per heavy atom. The van der Waals surface area contributed by atoms with Gasteiger partial charge in [-0.05, 0) is 19.3 Å². The highest BCUT2D eigenvalue weighted by Crippen LogP contribution is 2.26. The Kier molecular flexibility index (Phi) is 8.66. The predicted octanol–water partition coefficient (Wildman–Crippen LogP) is 2.70. The van der Waals surface area contributed by atoms with Crippen molar-refractivity contribution in [2.24, 2.45) is 0 Å². The Morgan fingerprint density at radius 1 is 1.19 bits per heavy atom. The lowest BCUT2D eigenvalue weighted by molar-refractivity contribution is -0.0246. The number of nitrogens with zero attached hydrogens (tertiary/aromatic N) is 1. The average Bonchev–Trinajstić information content (AvgIpc) is 3.10. The number of hydrogen-bond acceptors (Lipinski definition) is 4. The number of ether oxygens (including phenoxy) is 1. The van der Waals surface area contributed by atoms with Crippen LogP contribution in [0, 0.1) is 11.8 Å². The van der Waals surface area contributed by atoms with Crippen LogP contribution in [0.4, 0.5) is 0 Å². The molecule has 144 valence electrons. The second-order valence-corrected chi connectivity index (χ2v) is 6.86. The van der Waals surface area contributed by atoms with E-state index in [1.165, 1.54) is 42.9 Å². The minimum Gasteiger partial charge on any atom is -0.394 e. The van der Waals surface area contributed by atoms with Crippen LogP contribution in [-0.2, 0) is 4.74 Å². The lowest BCUT2D eigenvalue weighted by Crippen LogP contribution is -2.33. The van der Waals surface area contributed by atoms with E-state index in [4.69, 9.17) is 9.84 Å². The number of hydrogen-bond donors (Lipinski definition) is 2. The molecule has 1 aromatic heterocycles. The Bertz CT molecular complexity index is 726. The zero-order valence-electron chi connectivity index (χ0n) is 15.6. The fraction of sp³-hybridized carbons (Fsp3) is 0.700. The van der Waals surface area contributed by atoms with Crippen LogP contribution in [-0.4, -0.2) is 27.4 Å². The van der Waals surface area contributed by atoms with E-state index in [0.717, 1.165) is 19.3 Å². The topological polar surface area (TPSA) is 84.3 Å². The summed E-state index contributed by atoms with van der Waals surface area (Å²) in [4.78, 5) is 26.3. The molecule has 1 fully saturated rings. The van der Waals surface area contributed by atoms with Crippen LogP contribution in [0.2, 0.25) is 0 Å². The van der Waals surface area contributed by atoms with Crippen molar-refractivity contribution in [3.05, 3.63) is 32.6 Å². The number of nitrogens with one attached hydrogen (secondary N) is 1. The third-order valence-electron chi connectivity index (χ3n) is 4.70. The van der Waals surface area contributed by atoms with Crippen molar-refractivity contribution in [2.45, 2.75) is 83.5 Å². The van der Waals surface area contributed by atoms with E-state index >= 15 is 0 Å². The van der Waals surface area contributed by atoms with Crippen LogP contribution in [0.5, 0.6) is 0 Å². The summed E-state index contributed by atoms with van der Waals surface area (Å²) < 4.78 is 6.98.